The molecule has 1 amide bonds. The fourth-order valence-electron chi connectivity index (χ4n) is 3.33. The highest BCUT2D eigenvalue weighted by Gasteiger charge is 2.40. The molecule has 11 heteroatoms. The van der Waals surface area contributed by atoms with Gasteiger partial charge in [-0.05, 0) is 18.2 Å². The van der Waals surface area contributed by atoms with Crippen LogP contribution in [-0.2, 0) is 12.7 Å². The van der Waals surface area contributed by atoms with Crippen molar-refractivity contribution in [2.75, 3.05) is 13.1 Å². The third-order valence-electron chi connectivity index (χ3n) is 4.79. The van der Waals surface area contributed by atoms with Gasteiger partial charge in [0.2, 0.25) is 0 Å². The second kappa shape index (κ2) is 7.01. The summed E-state index contributed by atoms with van der Waals surface area (Å²) in [5, 5.41) is 0.184. The average Bonchev–Trinajstić information content (AvgIpc) is 3.28. The first kappa shape index (κ1) is 20.2. The van der Waals surface area contributed by atoms with Gasteiger partial charge in [0.1, 0.15) is 11.3 Å². The molecular weight excluding hydrogens is 411 g/mol. The van der Waals surface area contributed by atoms with Crippen molar-refractivity contribution < 1.29 is 31.2 Å². The van der Waals surface area contributed by atoms with Crippen LogP contribution in [0.15, 0.2) is 35.0 Å². The van der Waals surface area contributed by atoms with Crippen molar-refractivity contribution in [2.24, 2.45) is 5.73 Å². The standard InChI is InChI=1S/C19H15F5N4O2/c20-18(21)1-2-28(9-18)17(29)12-7-26-16(27-8-12)11-3-10-4-13(6-25)30-15(10)14(5-11)19(22,23)24/h3-5,7-8H,1-2,6,9,25H2. The highest BCUT2D eigenvalue weighted by molar-refractivity contribution is 5.94. The second-order valence-electron chi connectivity index (χ2n) is 6.98. The van der Waals surface area contributed by atoms with Crippen molar-refractivity contribution >= 4 is 16.9 Å². The lowest BCUT2D eigenvalue weighted by Crippen LogP contribution is -2.31. The van der Waals surface area contributed by atoms with Gasteiger partial charge in [0.25, 0.3) is 11.8 Å². The van der Waals surface area contributed by atoms with Gasteiger partial charge < -0.3 is 15.1 Å². The van der Waals surface area contributed by atoms with Gasteiger partial charge in [-0.15, -0.1) is 0 Å². The van der Waals surface area contributed by atoms with Crippen LogP contribution in [0.1, 0.15) is 28.1 Å². The summed E-state index contributed by atoms with van der Waals surface area (Å²) >= 11 is 0. The van der Waals surface area contributed by atoms with Crippen molar-refractivity contribution in [1.82, 2.24) is 14.9 Å². The van der Waals surface area contributed by atoms with Crippen LogP contribution < -0.4 is 5.73 Å². The highest BCUT2D eigenvalue weighted by Crippen LogP contribution is 2.38. The number of hydrogen-bond acceptors (Lipinski definition) is 5. The summed E-state index contributed by atoms with van der Waals surface area (Å²) in [6.45, 7) is -0.851. The Morgan fingerprint density at radius 1 is 1.20 bits per heavy atom. The fourth-order valence-corrected chi connectivity index (χ4v) is 3.33. The highest BCUT2D eigenvalue weighted by atomic mass is 19.4. The zero-order chi connectivity index (χ0) is 21.7. The van der Waals surface area contributed by atoms with Gasteiger partial charge in [-0.3, -0.25) is 4.79 Å². The smallest absolute Gasteiger partial charge is 0.420 e. The first-order chi connectivity index (χ1) is 14.1. The number of fused-ring (bicyclic) bond motifs is 1. The number of nitrogens with zero attached hydrogens (tertiary/aromatic N) is 3. The number of aromatic nitrogens is 2. The Kier molecular flexibility index (Phi) is 4.72. The van der Waals surface area contributed by atoms with E-state index in [0.29, 0.717) is 0 Å². The Morgan fingerprint density at radius 2 is 1.90 bits per heavy atom. The topological polar surface area (TPSA) is 85.2 Å². The number of hydrogen-bond donors (Lipinski definition) is 1. The summed E-state index contributed by atoms with van der Waals surface area (Å²) in [6.07, 6.45) is -2.89. The molecule has 158 valence electrons. The van der Waals surface area contributed by atoms with Crippen molar-refractivity contribution in [3.63, 3.8) is 0 Å². The maximum atomic E-state index is 13.5. The predicted molar refractivity (Wildman–Crippen MR) is 95.6 cm³/mol. The van der Waals surface area contributed by atoms with Crippen molar-refractivity contribution in [3.05, 3.63) is 47.5 Å². The van der Waals surface area contributed by atoms with Crippen LogP contribution in [0.4, 0.5) is 22.0 Å². The number of halogens is 5. The average molecular weight is 426 g/mol. The quantitative estimate of drug-likeness (QED) is 0.643. The Balaban J connectivity index is 1.68. The molecule has 2 aromatic heterocycles. The molecule has 1 saturated heterocycles. The lowest BCUT2D eigenvalue weighted by atomic mass is 10.1. The second-order valence-corrected chi connectivity index (χ2v) is 6.98. The third kappa shape index (κ3) is 3.72. The number of rotatable bonds is 3. The number of furan rings is 1. The molecule has 1 aliphatic rings. The maximum absolute atomic E-state index is 13.5. The van der Waals surface area contributed by atoms with E-state index in [1.807, 2.05) is 0 Å². The Bertz CT molecular complexity index is 1110. The zero-order valence-electron chi connectivity index (χ0n) is 15.3. The van der Waals surface area contributed by atoms with Crippen LogP contribution in [0.5, 0.6) is 0 Å². The van der Waals surface area contributed by atoms with Crippen molar-refractivity contribution in [1.29, 1.82) is 0 Å². The molecule has 2 N–H and O–H groups in total. The molecule has 0 saturated carbocycles. The number of benzene rings is 1. The summed E-state index contributed by atoms with van der Waals surface area (Å²) in [6, 6.07) is 3.68. The molecule has 1 aromatic carbocycles. The van der Waals surface area contributed by atoms with Gasteiger partial charge >= 0.3 is 6.18 Å². The summed E-state index contributed by atoms with van der Waals surface area (Å²) < 4.78 is 72.3. The van der Waals surface area contributed by atoms with E-state index in [9.17, 15) is 26.7 Å². The number of carbonyl (C=O) groups excluding carboxylic acids is 1. The van der Waals surface area contributed by atoms with E-state index in [1.54, 1.807) is 0 Å². The summed E-state index contributed by atoms with van der Waals surface area (Å²) in [7, 11) is 0. The molecule has 3 heterocycles. The largest absolute Gasteiger partial charge is 0.459 e. The lowest BCUT2D eigenvalue weighted by molar-refractivity contribution is -0.136. The maximum Gasteiger partial charge on any atom is 0.420 e. The van der Waals surface area contributed by atoms with E-state index in [-0.39, 0.29) is 46.8 Å². The molecule has 0 radical (unpaired) electrons. The van der Waals surface area contributed by atoms with Crippen LogP contribution in [0, 0.1) is 0 Å². The van der Waals surface area contributed by atoms with Gasteiger partial charge in [-0.25, -0.2) is 18.7 Å². The molecule has 3 aromatic rings. The predicted octanol–water partition coefficient (Wildman–Crippen LogP) is 3.85. The minimum Gasteiger partial charge on any atom is -0.459 e. The minimum absolute atomic E-state index is 0.0256. The van der Waals surface area contributed by atoms with Gasteiger partial charge in [-0.1, -0.05) is 0 Å². The summed E-state index contributed by atoms with van der Waals surface area (Å²) in [5.41, 5.74) is 4.15. The van der Waals surface area contributed by atoms with Crippen LogP contribution in [-0.4, -0.2) is 39.8 Å². The number of amides is 1. The Morgan fingerprint density at radius 3 is 2.47 bits per heavy atom. The number of alkyl halides is 5. The normalized spacial score (nSPS) is 16.4. The first-order valence-corrected chi connectivity index (χ1v) is 8.91. The molecule has 0 bridgehead atoms. The van der Waals surface area contributed by atoms with Crippen LogP contribution in [0.3, 0.4) is 0 Å². The van der Waals surface area contributed by atoms with Crippen LogP contribution in [0.2, 0.25) is 0 Å². The molecule has 0 unspecified atom stereocenters. The molecular formula is C19H15F5N4O2. The molecule has 6 nitrogen and oxygen atoms in total. The van der Waals surface area contributed by atoms with E-state index in [0.717, 1.165) is 23.4 Å². The molecule has 1 fully saturated rings. The molecule has 0 spiro atoms. The zero-order valence-corrected chi connectivity index (χ0v) is 15.3. The van der Waals surface area contributed by atoms with E-state index in [2.05, 4.69) is 9.97 Å². The van der Waals surface area contributed by atoms with Crippen molar-refractivity contribution in [3.8, 4) is 11.4 Å². The van der Waals surface area contributed by atoms with Crippen LogP contribution in [0.25, 0.3) is 22.4 Å². The monoisotopic (exact) mass is 426 g/mol. The fraction of sp³-hybridized carbons (Fsp3) is 0.316. The molecule has 1 aliphatic heterocycles. The molecule has 4 rings (SSSR count). The van der Waals surface area contributed by atoms with E-state index >= 15 is 0 Å². The van der Waals surface area contributed by atoms with Crippen LogP contribution >= 0.6 is 0 Å². The van der Waals surface area contributed by atoms with E-state index in [1.165, 1.54) is 12.1 Å². The molecule has 0 aliphatic carbocycles. The van der Waals surface area contributed by atoms with Gasteiger partial charge in [-0.2, -0.15) is 13.2 Å². The van der Waals surface area contributed by atoms with Gasteiger partial charge in [0, 0.05) is 36.3 Å². The number of likely N-dealkylation sites (tertiary alicyclic amines) is 1. The van der Waals surface area contributed by atoms with Gasteiger partial charge in [0.05, 0.1) is 24.2 Å². The molecule has 30 heavy (non-hydrogen) atoms. The minimum atomic E-state index is -4.69. The first-order valence-electron chi connectivity index (χ1n) is 8.91. The Labute approximate surface area is 166 Å². The number of nitrogens with two attached hydrogens (primary N) is 1. The van der Waals surface area contributed by atoms with Gasteiger partial charge in [0.15, 0.2) is 5.82 Å². The molecule has 0 atom stereocenters. The number of carbonyl (C=O) groups is 1. The third-order valence-corrected chi connectivity index (χ3v) is 4.79. The summed E-state index contributed by atoms with van der Waals surface area (Å²) in [5.74, 6) is -3.46. The Hall–Kier alpha value is -3.08. The SMILES string of the molecule is NCc1cc2cc(-c3ncc(C(=O)N4CCC(F)(F)C4)cn3)cc(C(F)(F)F)c2o1. The van der Waals surface area contributed by atoms with E-state index < -0.39 is 36.5 Å². The van der Waals surface area contributed by atoms with Crippen molar-refractivity contribution in [2.45, 2.75) is 25.1 Å². The summed E-state index contributed by atoms with van der Waals surface area (Å²) in [4.78, 5) is 21.2. The van der Waals surface area contributed by atoms with E-state index in [4.69, 9.17) is 10.2 Å². The lowest BCUT2D eigenvalue weighted by Gasteiger charge is -2.15.